The van der Waals surface area contributed by atoms with Gasteiger partial charge < -0.3 is 5.32 Å². The van der Waals surface area contributed by atoms with Crippen LogP contribution < -0.4 is 5.32 Å². The summed E-state index contributed by atoms with van der Waals surface area (Å²) in [5, 5.41) is 5.23. The van der Waals surface area contributed by atoms with Gasteiger partial charge in [-0.1, -0.05) is 50.2 Å². The molecule has 27 heavy (non-hydrogen) atoms. The molecule has 3 aromatic rings. The molecule has 0 aliphatic heterocycles. The summed E-state index contributed by atoms with van der Waals surface area (Å²) in [4.78, 5) is 17.2. The normalized spacial score (nSPS) is 11.1. The molecule has 1 amide bonds. The lowest BCUT2D eigenvalue weighted by Crippen LogP contribution is -2.14. The number of carbonyl (C=O) groups excluding carboxylic acids is 1. The summed E-state index contributed by atoms with van der Waals surface area (Å²) in [5.74, 6) is 1.13. The largest absolute Gasteiger partial charge is 0.326 e. The van der Waals surface area contributed by atoms with Crippen LogP contribution in [-0.2, 0) is 4.79 Å². The number of pyridine rings is 1. The predicted octanol–water partition coefficient (Wildman–Crippen LogP) is 6.10. The Morgan fingerprint density at radius 1 is 1.07 bits per heavy atom. The number of fused-ring (bicyclic) bond motifs is 1. The highest BCUT2D eigenvalue weighted by molar-refractivity contribution is 7.99. The molecule has 0 fully saturated rings. The molecule has 0 spiro atoms. The number of nitrogens with zero attached hydrogens (tertiary/aromatic N) is 1. The van der Waals surface area contributed by atoms with Crippen molar-refractivity contribution in [3.8, 4) is 0 Å². The van der Waals surface area contributed by atoms with Gasteiger partial charge in [0, 0.05) is 23.2 Å². The number of aryl methyl sites for hydroxylation is 2. The molecule has 0 radical (unpaired) electrons. The van der Waals surface area contributed by atoms with Gasteiger partial charge in [-0.2, -0.15) is 0 Å². The Morgan fingerprint density at radius 2 is 1.85 bits per heavy atom. The third kappa shape index (κ3) is 4.69. The highest BCUT2D eigenvalue weighted by Gasteiger charge is 2.10. The van der Waals surface area contributed by atoms with E-state index in [0.29, 0.717) is 18.1 Å². The first-order chi connectivity index (χ1) is 13.0. The summed E-state index contributed by atoms with van der Waals surface area (Å²) < 4.78 is 0. The van der Waals surface area contributed by atoms with E-state index < -0.39 is 0 Å². The van der Waals surface area contributed by atoms with E-state index in [1.807, 2.05) is 18.2 Å². The molecule has 3 nitrogen and oxygen atoms in total. The fourth-order valence-electron chi connectivity index (χ4n) is 3.18. The van der Waals surface area contributed by atoms with Crippen LogP contribution in [0.3, 0.4) is 0 Å². The fraction of sp³-hybridized carbons (Fsp3) is 0.304. The van der Waals surface area contributed by atoms with Crippen LogP contribution in [0.4, 0.5) is 5.69 Å². The molecule has 0 aliphatic carbocycles. The van der Waals surface area contributed by atoms with Crippen molar-refractivity contribution >= 4 is 34.3 Å². The van der Waals surface area contributed by atoms with Crippen LogP contribution in [0, 0.1) is 13.8 Å². The number of thioether (sulfide) groups is 1. The highest BCUT2D eigenvalue weighted by atomic mass is 32.2. The minimum atomic E-state index is 0.0456. The van der Waals surface area contributed by atoms with E-state index in [4.69, 9.17) is 4.98 Å². The Bertz CT molecular complexity index is 966. The number of nitrogens with one attached hydrogen (secondary N) is 1. The van der Waals surface area contributed by atoms with Crippen molar-refractivity contribution < 1.29 is 4.79 Å². The molecule has 1 N–H and O–H groups in total. The number of rotatable bonds is 6. The van der Waals surface area contributed by atoms with Crippen molar-refractivity contribution in [3.63, 3.8) is 0 Å². The van der Waals surface area contributed by atoms with Gasteiger partial charge in [0.15, 0.2) is 0 Å². The topological polar surface area (TPSA) is 42.0 Å². The SMILES string of the molecule is Cc1cc(SCCC(=O)Nc2ccccc2C(C)C)nc2c(C)cccc12. The molecule has 0 bridgehead atoms. The van der Waals surface area contributed by atoms with E-state index in [2.05, 4.69) is 63.3 Å². The van der Waals surface area contributed by atoms with Crippen LogP contribution in [0.2, 0.25) is 0 Å². The van der Waals surface area contributed by atoms with Crippen molar-refractivity contribution in [3.05, 3.63) is 65.2 Å². The van der Waals surface area contributed by atoms with Crippen LogP contribution in [0.25, 0.3) is 10.9 Å². The van der Waals surface area contributed by atoms with E-state index in [-0.39, 0.29) is 5.91 Å². The number of carbonyl (C=O) groups is 1. The van der Waals surface area contributed by atoms with Crippen molar-refractivity contribution in [1.29, 1.82) is 0 Å². The van der Waals surface area contributed by atoms with E-state index in [1.54, 1.807) is 11.8 Å². The monoisotopic (exact) mass is 378 g/mol. The number of benzene rings is 2. The molecule has 0 saturated heterocycles. The van der Waals surface area contributed by atoms with Gasteiger partial charge in [-0.25, -0.2) is 4.98 Å². The first-order valence-electron chi connectivity index (χ1n) is 9.34. The summed E-state index contributed by atoms with van der Waals surface area (Å²) in [7, 11) is 0. The quantitative estimate of drug-likeness (QED) is 0.527. The lowest BCUT2D eigenvalue weighted by atomic mass is 10.0. The molecule has 0 aliphatic rings. The Balaban J connectivity index is 1.62. The maximum atomic E-state index is 12.4. The number of hydrogen-bond acceptors (Lipinski definition) is 3. The second kappa shape index (κ2) is 8.57. The molecule has 3 rings (SSSR count). The van der Waals surface area contributed by atoms with Crippen LogP contribution >= 0.6 is 11.8 Å². The van der Waals surface area contributed by atoms with Gasteiger partial charge in [0.25, 0.3) is 0 Å². The average Bonchev–Trinajstić information content (AvgIpc) is 2.63. The van der Waals surface area contributed by atoms with Gasteiger partial charge in [-0.15, -0.1) is 11.8 Å². The van der Waals surface area contributed by atoms with Gasteiger partial charge in [-0.05, 0) is 48.6 Å². The van der Waals surface area contributed by atoms with Crippen LogP contribution in [0.5, 0.6) is 0 Å². The maximum absolute atomic E-state index is 12.4. The third-order valence-electron chi connectivity index (χ3n) is 4.66. The second-order valence-corrected chi connectivity index (χ2v) is 8.25. The number of hydrogen-bond donors (Lipinski definition) is 1. The lowest BCUT2D eigenvalue weighted by Gasteiger charge is -2.13. The van der Waals surface area contributed by atoms with E-state index in [1.165, 1.54) is 22.1 Å². The number of anilines is 1. The Hall–Kier alpha value is -2.33. The van der Waals surface area contributed by atoms with Gasteiger partial charge in [0.2, 0.25) is 5.91 Å². The molecule has 0 unspecified atom stereocenters. The van der Waals surface area contributed by atoms with E-state index >= 15 is 0 Å². The van der Waals surface area contributed by atoms with Gasteiger partial charge >= 0.3 is 0 Å². The molecule has 0 saturated carbocycles. The number of amides is 1. The Morgan fingerprint density at radius 3 is 2.63 bits per heavy atom. The lowest BCUT2D eigenvalue weighted by molar-refractivity contribution is -0.115. The third-order valence-corrected chi connectivity index (χ3v) is 5.57. The van der Waals surface area contributed by atoms with Crippen molar-refractivity contribution in [2.45, 2.75) is 45.1 Å². The minimum absolute atomic E-state index is 0.0456. The van der Waals surface area contributed by atoms with Crippen molar-refractivity contribution in [1.82, 2.24) is 4.98 Å². The van der Waals surface area contributed by atoms with Gasteiger partial charge in [0.1, 0.15) is 0 Å². The number of para-hydroxylation sites is 2. The van der Waals surface area contributed by atoms with E-state index in [9.17, 15) is 4.79 Å². The Labute approximate surface area is 165 Å². The summed E-state index contributed by atoms with van der Waals surface area (Å²) in [6.45, 7) is 8.47. The van der Waals surface area contributed by atoms with Crippen LogP contribution in [0.1, 0.15) is 42.9 Å². The summed E-state index contributed by atoms with van der Waals surface area (Å²) >= 11 is 1.64. The summed E-state index contributed by atoms with van der Waals surface area (Å²) in [6, 6.07) is 16.4. The highest BCUT2D eigenvalue weighted by Crippen LogP contribution is 2.27. The van der Waals surface area contributed by atoms with Gasteiger partial charge in [-0.3, -0.25) is 4.79 Å². The second-order valence-electron chi connectivity index (χ2n) is 7.14. The van der Waals surface area contributed by atoms with Gasteiger partial charge in [0.05, 0.1) is 10.5 Å². The fourth-order valence-corrected chi connectivity index (χ4v) is 4.09. The van der Waals surface area contributed by atoms with Crippen molar-refractivity contribution in [2.75, 3.05) is 11.1 Å². The molecule has 140 valence electrons. The zero-order valence-corrected chi connectivity index (χ0v) is 17.2. The molecular weight excluding hydrogens is 352 g/mol. The standard InChI is InChI=1S/C23H26N2OS/c1-15(2)18-9-5-6-11-20(18)24-21(26)12-13-27-22-14-17(4)19-10-7-8-16(3)23(19)25-22/h5-11,14-15H,12-13H2,1-4H3,(H,24,26). The summed E-state index contributed by atoms with van der Waals surface area (Å²) in [6.07, 6.45) is 0.462. The number of aromatic nitrogens is 1. The molecule has 2 aromatic carbocycles. The minimum Gasteiger partial charge on any atom is -0.326 e. The molecule has 4 heteroatoms. The smallest absolute Gasteiger partial charge is 0.225 e. The zero-order chi connectivity index (χ0) is 19.4. The average molecular weight is 379 g/mol. The molecule has 0 atom stereocenters. The van der Waals surface area contributed by atoms with Crippen LogP contribution in [-0.4, -0.2) is 16.6 Å². The van der Waals surface area contributed by atoms with Crippen molar-refractivity contribution in [2.24, 2.45) is 0 Å². The molecular formula is C23H26N2OS. The first kappa shape index (κ1) is 19.4. The predicted molar refractivity (Wildman–Crippen MR) is 116 cm³/mol. The Kier molecular flexibility index (Phi) is 6.17. The first-order valence-corrected chi connectivity index (χ1v) is 10.3. The summed E-state index contributed by atoms with van der Waals surface area (Å²) in [5.41, 5.74) is 5.54. The zero-order valence-electron chi connectivity index (χ0n) is 16.4. The van der Waals surface area contributed by atoms with Crippen LogP contribution in [0.15, 0.2) is 53.6 Å². The van der Waals surface area contributed by atoms with E-state index in [0.717, 1.165) is 16.2 Å². The maximum Gasteiger partial charge on any atom is 0.225 e. The molecule has 1 aromatic heterocycles. The molecule has 1 heterocycles.